The molecule has 112 valence electrons. The second-order valence-corrected chi connectivity index (χ2v) is 5.79. The van der Waals surface area contributed by atoms with Gasteiger partial charge >= 0.3 is 0 Å². The molecule has 5 nitrogen and oxygen atoms in total. The molecule has 1 fully saturated rings. The first kappa shape index (κ1) is 15.6. The van der Waals surface area contributed by atoms with Gasteiger partial charge in [-0.15, -0.1) is 11.8 Å². The minimum atomic E-state index is -0.440. The lowest BCUT2D eigenvalue weighted by Crippen LogP contribution is -2.44. The van der Waals surface area contributed by atoms with Crippen molar-refractivity contribution in [2.75, 3.05) is 16.9 Å². The van der Waals surface area contributed by atoms with Gasteiger partial charge in [-0.1, -0.05) is 19.1 Å². The SMILES string of the molecule is CC/C=C(/C)C(=O)N1CSC[C@H]1C(=O)Nc1ccccn1. The van der Waals surface area contributed by atoms with Crippen molar-refractivity contribution < 1.29 is 9.59 Å². The zero-order valence-electron chi connectivity index (χ0n) is 12.2. The van der Waals surface area contributed by atoms with Gasteiger partial charge in [0.05, 0.1) is 5.88 Å². The fraction of sp³-hybridized carbons (Fsp3) is 0.400. The van der Waals surface area contributed by atoms with Crippen molar-refractivity contribution in [2.24, 2.45) is 0 Å². The van der Waals surface area contributed by atoms with E-state index >= 15 is 0 Å². The summed E-state index contributed by atoms with van der Waals surface area (Å²) in [6.45, 7) is 3.78. The van der Waals surface area contributed by atoms with E-state index in [4.69, 9.17) is 0 Å². The van der Waals surface area contributed by atoms with E-state index in [2.05, 4.69) is 10.3 Å². The fourth-order valence-electron chi connectivity index (χ4n) is 2.13. The Morgan fingerprint density at radius 1 is 1.52 bits per heavy atom. The van der Waals surface area contributed by atoms with Crippen molar-refractivity contribution in [1.29, 1.82) is 0 Å². The lowest BCUT2D eigenvalue weighted by Gasteiger charge is -2.23. The third-order valence-corrected chi connectivity index (χ3v) is 4.22. The zero-order chi connectivity index (χ0) is 15.2. The van der Waals surface area contributed by atoms with Gasteiger partial charge in [-0.3, -0.25) is 9.59 Å². The average molecular weight is 305 g/mol. The van der Waals surface area contributed by atoms with Gasteiger partial charge in [0.1, 0.15) is 11.9 Å². The topological polar surface area (TPSA) is 62.3 Å². The molecular formula is C15H19N3O2S. The van der Waals surface area contributed by atoms with Crippen molar-refractivity contribution in [2.45, 2.75) is 26.3 Å². The summed E-state index contributed by atoms with van der Waals surface area (Å²) in [5, 5.41) is 2.76. The van der Waals surface area contributed by atoms with Crippen molar-refractivity contribution in [1.82, 2.24) is 9.88 Å². The number of allylic oxidation sites excluding steroid dienone is 1. The number of aromatic nitrogens is 1. The number of thioether (sulfide) groups is 1. The third-order valence-electron chi connectivity index (χ3n) is 3.21. The third kappa shape index (κ3) is 3.85. The molecule has 1 aromatic heterocycles. The molecule has 0 unspecified atom stereocenters. The first-order valence-corrected chi connectivity index (χ1v) is 8.06. The van der Waals surface area contributed by atoms with Gasteiger partial charge < -0.3 is 10.2 Å². The van der Waals surface area contributed by atoms with Crippen LogP contribution in [0.3, 0.4) is 0 Å². The second-order valence-electron chi connectivity index (χ2n) is 4.79. The van der Waals surface area contributed by atoms with E-state index in [0.29, 0.717) is 23.0 Å². The monoisotopic (exact) mass is 305 g/mol. The molecule has 0 saturated carbocycles. The van der Waals surface area contributed by atoms with E-state index < -0.39 is 6.04 Å². The maximum atomic E-state index is 12.4. The number of amides is 2. The van der Waals surface area contributed by atoms with Gasteiger partial charge in [-0.05, 0) is 25.5 Å². The van der Waals surface area contributed by atoms with Gasteiger partial charge in [0, 0.05) is 17.5 Å². The smallest absolute Gasteiger partial charge is 0.250 e. The first-order valence-electron chi connectivity index (χ1n) is 6.91. The van der Waals surface area contributed by atoms with E-state index in [1.54, 1.807) is 41.9 Å². The maximum Gasteiger partial charge on any atom is 0.250 e. The highest BCUT2D eigenvalue weighted by Gasteiger charge is 2.35. The summed E-state index contributed by atoms with van der Waals surface area (Å²) in [5.74, 6) is 1.42. The number of rotatable bonds is 4. The quantitative estimate of drug-likeness (QED) is 0.867. The molecule has 0 radical (unpaired) electrons. The van der Waals surface area contributed by atoms with Crippen LogP contribution < -0.4 is 5.32 Å². The van der Waals surface area contributed by atoms with Crippen LogP contribution in [0, 0.1) is 0 Å². The summed E-state index contributed by atoms with van der Waals surface area (Å²) >= 11 is 1.59. The van der Waals surface area contributed by atoms with E-state index in [9.17, 15) is 9.59 Å². The van der Waals surface area contributed by atoms with Crippen molar-refractivity contribution in [3.8, 4) is 0 Å². The number of hydrogen-bond donors (Lipinski definition) is 1. The standard InChI is InChI=1S/C15H19N3O2S/c1-3-6-11(2)15(20)18-10-21-9-12(18)14(19)17-13-7-4-5-8-16-13/h4-8,12H,3,9-10H2,1-2H3,(H,16,17,19)/b11-6-/t12-/m0/s1. The number of anilines is 1. The Morgan fingerprint density at radius 2 is 2.33 bits per heavy atom. The molecule has 1 saturated heterocycles. The lowest BCUT2D eigenvalue weighted by molar-refractivity contribution is -0.133. The Kier molecular flexibility index (Phi) is 5.38. The molecule has 0 bridgehead atoms. The summed E-state index contributed by atoms with van der Waals surface area (Å²) in [7, 11) is 0. The number of nitrogens with one attached hydrogen (secondary N) is 1. The molecule has 6 heteroatoms. The minimum Gasteiger partial charge on any atom is -0.317 e. The number of hydrogen-bond acceptors (Lipinski definition) is 4. The molecule has 2 amide bonds. The van der Waals surface area contributed by atoms with Gasteiger partial charge in [0.15, 0.2) is 0 Å². The van der Waals surface area contributed by atoms with Gasteiger partial charge in [-0.25, -0.2) is 4.98 Å². The van der Waals surface area contributed by atoms with Crippen LogP contribution in [0.15, 0.2) is 36.0 Å². The Bertz CT molecular complexity index is 545. The number of pyridine rings is 1. The normalized spacial score (nSPS) is 18.7. The zero-order valence-corrected chi connectivity index (χ0v) is 13.0. The summed E-state index contributed by atoms with van der Waals surface area (Å²) in [6.07, 6.45) is 4.32. The van der Waals surface area contributed by atoms with Crippen LogP contribution >= 0.6 is 11.8 Å². The Labute approximate surface area is 128 Å². The maximum absolute atomic E-state index is 12.4. The summed E-state index contributed by atoms with van der Waals surface area (Å²) in [5.41, 5.74) is 0.690. The van der Waals surface area contributed by atoms with E-state index in [1.165, 1.54) is 0 Å². The van der Waals surface area contributed by atoms with Crippen LogP contribution in [0.4, 0.5) is 5.82 Å². The van der Waals surface area contributed by atoms with E-state index in [0.717, 1.165) is 6.42 Å². The molecule has 2 rings (SSSR count). The average Bonchev–Trinajstić information content (AvgIpc) is 2.97. The van der Waals surface area contributed by atoms with Crippen LogP contribution in [0.2, 0.25) is 0 Å². The molecule has 1 aliphatic rings. The summed E-state index contributed by atoms with van der Waals surface area (Å²) < 4.78 is 0. The van der Waals surface area contributed by atoms with Crippen LogP contribution in [-0.2, 0) is 9.59 Å². The van der Waals surface area contributed by atoms with Crippen molar-refractivity contribution in [3.05, 3.63) is 36.0 Å². The molecule has 0 aliphatic carbocycles. The highest BCUT2D eigenvalue weighted by Crippen LogP contribution is 2.23. The molecule has 2 heterocycles. The molecule has 0 spiro atoms. The molecule has 1 aromatic rings. The van der Waals surface area contributed by atoms with Crippen molar-refractivity contribution >= 4 is 29.4 Å². The number of carbonyl (C=O) groups is 2. The summed E-state index contributed by atoms with van der Waals surface area (Å²) in [6, 6.07) is 4.89. The molecule has 1 atom stereocenters. The van der Waals surface area contributed by atoms with Gasteiger partial charge in [0.2, 0.25) is 5.91 Å². The highest BCUT2D eigenvalue weighted by molar-refractivity contribution is 7.99. The Morgan fingerprint density at radius 3 is 3.00 bits per heavy atom. The minimum absolute atomic E-state index is 0.0666. The summed E-state index contributed by atoms with van der Waals surface area (Å²) in [4.78, 5) is 30.4. The van der Waals surface area contributed by atoms with Crippen molar-refractivity contribution in [3.63, 3.8) is 0 Å². The molecule has 0 aromatic carbocycles. The van der Waals surface area contributed by atoms with E-state index in [-0.39, 0.29) is 11.8 Å². The molecule has 1 N–H and O–H groups in total. The van der Waals surface area contributed by atoms with Crippen LogP contribution in [0.25, 0.3) is 0 Å². The predicted octanol–water partition coefficient (Wildman–Crippen LogP) is 2.28. The van der Waals surface area contributed by atoms with Crippen LogP contribution in [0.1, 0.15) is 20.3 Å². The Hall–Kier alpha value is -1.82. The predicted molar refractivity (Wildman–Crippen MR) is 84.9 cm³/mol. The first-order chi connectivity index (χ1) is 10.1. The Balaban J connectivity index is 2.06. The van der Waals surface area contributed by atoms with Crippen LogP contribution in [-0.4, -0.2) is 39.4 Å². The lowest BCUT2D eigenvalue weighted by atomic mass is 10.2. The molecular weight excluding hydrogens is 286 g/mol. The number of carbonyl (C=O) groups excluding carboxylic acids is 2. The molecule has 1 aliphatic heterocycles. The van der Waals surface area contributed by atoms with E-state index in [1.807, 2.05) is 19.1 Å². The number of nitrogens with zero attached hydrogens (tertiary/aromatic N) is 2. The highest BCUT2D eigenvalue weighted by atomic mass is 32.2. The van der Waals surface area contributed by atoms with Crippen LogP contribution in [0.5, 0.6) is 0 Å². The second kappa shape index (κ2) is 7.26. The van der Waals surface area contributed by atoms with Gasteiger partial charge in [0.25, 0.3) is 5.91 Å². The molecule has 21 heavy (non-hydrogen) atoms. The largest absolute Gasteiger partial charge is 0.317 e. The van der Waals surface area contributed by atoms with Gasteiger partial charge in [-0.2, -0.15) is 0 Å². The fourth-order valence-corrected chi connectivity index (χ4v) is 3.28.